The molecule has 1 aromatic rings. The van der Waals surface area contributed by atoms with Crippen LogP contribution in [0.3, 0.4) is 0 Å². The molecule has 1 aromatic heterocycles. The van der Waals surface area contributed by atoms with Crippen LogP contribution in [0.25, 0.3) is 0 Å². The van der Waals surface area contributed by atoms with Crippen LogP contribution < -0.4 is 5.73 Å². The zero-order chi connectivity index (χ0) is 10.8. The molecule has 4 heteroatoms. The summed E-state index contributed by atoms with van der Waals surface area (Å²) >= 11 is 6.29. The van der Waals surface area contributed by atoms with Gasteiger partial charge in [0, 0.05) is 23.1 Å². The first kappa shape index (κ1) is 10.7. The van der Waals surface area contributed by atoms with Gasteiger partial charge in [-0.25, -0.2) is 9.97 Å². The molecule has 2 unspecified atom stereocenters. The Morgan fingerprint density at radius 1 is 1.40 bits per heavy atom. The van der Waals surface area contributed by atoms with E-state index in [1.54, 1.807) is 6.20 Å². The Morgan fingerprint density at radius 3 is 2.80 bits per heavy atom. The van der Waals surface area contributed by atoms with Gasteiger partial charge in [-0.05, 0) is 19.8 Å². The summed E-state index contributed by atoms with van der Waals surface area (Å²) in [6.45, 7) is 1.91. The van der Waals surface area contributed by atoms with Crippen molar-refractivity contribution < 1.29 is 0 Å². The predicted molar refractivity (Wildman–Crippen MR) is 62.0 cm³/mol. The molecule has 0 amide bonds. The Balaban J connectivity index is 2.24. The SMILES string of the molecule is Cc1cnc(C2CCCCC2Cl)nc1N. The third kappa shape index (κ3) is 2.23. The van der Waals surface area contributed by atoms with E-state index >= 15 is 0 Å². The number of alkyl halides is 1. The average molecular weight is 226 g/mol. The topological polar surface area (TPSA) is 51.8 Å². The number of rotatable bonds is 1. The van der Waals surface area contributed by atoms with E-state index in [-0.39, 0.29) is 11.3 Å². The van der Waals surface area contributed by atoms with Gasteiger partial charge < -0.3 is 5.73 Å². The van der Waals surface area contributed by atoms with Crippen LogP contribution in [0, 0.1) is 6.92 Å². The van der Waals surface area contributed by atoms with Crippen LogP contribution in [-0.4, -0.2) is 15.3 Å². The molecule has 1 aliphatic carbocycles. The van der Waals surface area contributed by atoms with Crippen LogP contribution in [0.1, 0.15) is 43.0 Å². The minimum atomic E-state index is 0.167. The van der Waals surface area contributed by atoms with E-state index in [2.05, 4.69) is 9.97 Å². The molecule has 2 rings (SSSR count). The first-order valence-corrected chi connectivity index (χ1v) is 5.85. The van der Waals surface area contributed by atoms with Crippen molar-refractivity contribution in [2.45, 2.75) is 43.9 Å². The van der Waals surface area contributed by atoms with Crippen molar-refractivity contribution in [2.24, 2.45) is 0 Å². The van der Waals surface area contributed by atoms with E-state index < -0.39 is 0 Å². The van der Waals surface area contributed by atoms with Crippen LogP contribution in [0.4, 0.5) is 5.82 Å². The summed E-state index contributed by atoms with van der Waals surface area (Å²) in [5.74, 6) is 1.68. The number of aryl methyl sites for hydroxylation is 1. The van der Waals surface area contributed by atoms with E-state index in [0.717, 1.165) is 24.2 Å². The van der Waals surface area contributed by atoms with Crippen molar-refractivity contribution in [1.29, 1.82) is 0 Å². The van der Waals surface area contributed by atoms with Crippen LogP contribution >= 0.6 is 11.6 Å². The highest BCUT2D eigenvalue weighted by atomic mass is 35.5. The molecule has 2 N–H and O–H groups in total. The van der Waals surface area contributed by atoms with Gasteiger partial charge >= 0.3 is 0 Å². The Labute approximate surface area is 95.1 Å². The summed E-state index contributed by atoms with van der Waals surface area (Å²) in [5.41, 5.74) is 6.71. The summed E-state index contributed by atoms with van der Waals surface area (Å²) in [5, 5.41) is 0.167. The predicted octanol–water partition coefficient (Wildman–Crippen LogP) is 2.63. The second kappa shape index (κ2) is 4.35. The highest BCUT2D eigenvalue weighted by Crippen LogP contribution is 2.34. The fourth-order valence-corrected chi connectivity index (χ4v) is 2.42. The second-order valence-electron chi connectivity index (χ2n) is 4.20. The number of nitrogens with zero attached hydrogens (tertiary/aromatic N) is 2. The van der Waals surface area contributed by atoms with Gasteiger partial charge in [-0.2, -0.15) is 0 Å². The number of aromatic nitrogens is 2. The van der Waals surface area contributed by atoms with Gasteiger partial charge in [-0.15, -0.1) is 11.6 Å². The van der Waals surface area contributed by atoms with E-state index in [1.165, 1.54) is 12.8 Å². The molecule has 1 aliphatic rings. The summed E-state index contributed by atoms with van der Waals surface area (Å²) < 4.78 is 0. The molecule has 0 radical (unpaired) electrons. The monoisotopic (exact) mass is 225 g/mol. The number of halogens is 1. The zero-order valence-electron chi connectivity index (χ0n) is 8.91. The van der Waals surface area contributed by atoms with Gasteiger partial charge in [0.15, 0.2) is 0 Å². The fraction of sp³-hybridized carbons (Fsp3) is 0.636. The van der Waals surface area contributed by atoms with Crippen molar-refractivity contribution in [2.75, 3.05) is 5.73 Å². The third-order valence-electron chi connectivity index (χ3n) is 3.04. The smallest absolute Gasteiger partial charge is 0.135 e. The molecule has 1 fully saturated rings. The molecule has 82 valence electrons. The van der Waals surface area contributed by atoms with Gasteiger partial charge in [0.1, 0.15) is 11.6 Å². The molecule has 0 saturated heterocycles. The van der Waals surface area contributed by atoms with Crippen molar-refractivity contribution in [3.63, 3.8) is 0 Å². The van der Waals surface area contributed by atoms with Gasteiger partial charge in [0.05, 0.1) is 0 Å². The molecule has 0 aliphatic heterocycles. The maximum Gasteiger partial charge on any atom is 0.135 e. The minimum Gasteiger partial charge on any atom is -0.383 e. The number of nitrogen functional groups attached to an aromatic ring is 1. The van der Waals surface area contributed by atoms with Gasteiger partial charge in [0.25, 0.3) is 0 Å². The van der Waals surface area contributed by atoms with Gasteiger partial charge in [-0.3, -0.25) is 0 Å². The van der Waals surface area contributed by atoms with E-state index in [9.17, 15) is 0 Å². The maximum atomic E-state index is 6.29. The quantitative estimate of drug-likeness (QED) is 0.748. The maximum absolute atomic E-state index is 6.29. The third-order valence-corrected chi connectivity index (χ3v) is 3.57. The molecule has 0 spiro atoms. The van der Waals surface area contributed by atoms with E-state index in [0.29, 0.717) is 5.82 Å². The zero-order valence-corrected chi connectivity index (χ0v) is 9.67. The van der Waals surface area contributed by atoms with Crippen molar-refractivity contribution in [3.05, 3.63) is 17.6 Å². The average Bonchev–Trinajstić information content (AvgIpc) is 2.23. The Hall–Kier alpha value is -0.830. The molecular formula is C11H16ClN3. The molecular weight excluding hydrogens is 210 g/mol. The second-order valence-corrected chi connectivity index (χ2v) is 4.76. The highest BCUT2D eigenvalue weighted by Gasteiger charge is 2.27. The lowest BCUT2D eigenvalue weighted by molar-refractivity contribution is 0.435. The van der Waals surface area contributed by atoms with Gasteiger partial charge in [-0.1, -0.05) is 12.8 Å². The standard InChI is InChI=1S/C11H16ClN3/c1-7-6-14-11(15-10(7)13)8-4-2-3-5-9(8)12/h6,8-9H,2-5H2,1H3,(H2,13,14,15). The summed E-state index contributed by atoms with van der Waals surface area (Å²) in [6, 6.07) is 0. The largest absolute Gasteiger partial charge is 0.383 e. The molecule has 0 aromatic carbocycles. The molecule has 0 bridgehead atoms. The Bertz CT molecular complexity index is 354. The first-order chi connectivity index (χ1) is 7.18. The first-order valence-electron chi connectivity index (χ1n) is 5.41. The van der Waals surface area contributed by atoms with Crippen molar-refractivity contribution >= 4 is 17.4 Å². The van der Waals surface area contributed by atoms with Crippen LogP contribution in [0.2, 0.25) is 0 Å². The molecule has 1 heterocycles. The molecule has 1 saturated carbocycles. The normalized spacial score (nSPS) is 26.5. The minimum absolute atomic E-state index is 0.167. The summed E-state index contributed by atoms with van der Waals surface area (Å²) in [4.78, 5) is 8.67. The van der Waals surface area contributed by atoms with Gasteiger partial charge in [0.2, 0.25) is 0 Å². The van der Waals surface area contributed by atoms with Crippen molar-refractivity contribution in [3.8, 4) is 0 Å². The fourth-order valence-electron chi connectivity index (χ4n) is 2.02. The molecule has 2 atom stereocenters. The lowest BCUT2D eigenvalue weighted by Crippen LogP contribution is -2.20. The lowest BCUT2D eigenvalue weighted by Gasteiger charge is -2.25. The van der Waals surface area contributed by atoms with E-state index in [1.807, 2.05) is 6.92 Å². The van der Waals surface area contributed by atoms with Crippen LogP contribution in [0.5, 0.6) is 0 Å². The van der Waals surface area contributed by atoms with Crippen molar-refractivity contribution in [1.82, 2.24) is 9.97 Å². The number of hydrogen-bond donors (Lipinski definition) is 1. The Kier molecular flexibility index (Phi) is 3.10. The van der Waals surface area contributed by atoms with Crippen LogP contribution in [-0.2, 0) is 0 Å². The van der Waals surface area contributed by atoms with E-state index in [4.69, 9.17) is 17.3 Å². The number of anilines is 1. The number of nitrogens with two attached hydrogens (primary N) is 1. The highest BCUT2D eigenvalue weighted by molar-refractivity contribution is 6.21. The summed E-state index contributed by atoms with van der Waals surface area (Å²) in [7, 11) is 0. The molecule has 15 heavy (non-hydrogen) atoms. The Morgan fingerprint density at radius 2 is 2.13 bits per heavy atom. The molecule has 3 nitrogen and oxygen atoms in total. The van der Waals surface area contributed by atoms with Crippen LogP contribution in [0.15, 0.2) is 6.20 Å². The summed E-state index contributed by atoms with van der Waals surface area (Å²) in [6.07, 6.45) is 6.35. The lowest BCUT2D eigenvalue weighted by atomic mass is 9.88. The number of hydrogen-bond acceptors (Lipinski definition) is 3.